The van der Waals surface area contributed by atoms with Gasteiger partial charge < -0.3 is 0 Å². The normalized spacial score (nSPS) is 19.7. The molecule has 0 radical (unpaired) electrons. The van der Waals surface area contributed by atoms with Crippen LogP contribution in [0.3, 0.4) is 0 Å². The Balaban J connectivity index is 1.34. The van der Waals surface area contributed by atoms with Crippen molar-refractivity contribution >= 4 is 0 Å². The molecule has 1 aliphatic carbocycles. The summed E-state index contributed by atoms with van der Waals surface area (Å²) in [4.78, 5) is 4.41. The van der Waals surface area contributed by atoms with Crippen LogP contribution in [-0.4, -0.2) is 11.4 Å². The van der Waals surface area contributed by atoms with Gasteiger partial charge in [-0.3, -0.25) is 5.26 Å². The van der Waals surface area contributed by atoms with Crippen molar-refractivity contribution in [1.29, 1.82) is 0 Å². The molecule has 1 saturated carbocycles. The molecule has 1 fully saturated rings. The molecule has 4 rings (SSSR count). The molecule has 0 heterocycles. The van der Waals surface area contributed by atoms with E-state index in [9.17, 15) is 4.39 Å². The number of benzene rings is 3. The van der Waals surface area contributed by atoms with E-state index in [2.05, 4.69) is 60.0 Å². The fraction of sp³-hybridized carbons (Fsp3) is 0.286. The third kappa shape index (κ3) is 5.30. The van der Waals surface area contributed by atoms with Gasteiger partial charge in [0.2, 0.25) is 0 Å². The summed E-state index contributed by atoms with van der Waals surface area (Å²) >= 11 is 0. The summed E-state index contributed by atoms with van der Waals surface area (Å²) < 4.78 is 13.1. The van der Waals surface area contributed by atoms with Gasteiger partial charge in [0.1, 0.15) is 11.9 Å². The van der Waals surface area contributed by atoms with Crippen LogP contribution in [-0.2, 0) is 11.3 Å². The van der Waals surface area contributed by atoms with Gasteiger partial charge in [0.25, 0.3) is 0 Å². The summed E-state index contributed by atoms with van der Waals surface area (Å²) in [5.74, 6) is 1.01. The van der Waals surface area contributed by atoms with E-state index in [1.165, 1.54) is 48.9 Å². The first kappa shape index (κ1) is 21.5. The number of hydrogen-bond acceptors (Lipinski definition) is 2. The summed E-state index contributed by atoms with van der Waals surface area (Å²) in [5.41, 5.74) is 6.11. The Hall–Kier alpha value is -2.75. The summed E-state index contributed by atoms with van der Waals surface area (Å²) in [6, 6.07) is 24.1. The van der Waals surface area contributed by atoms with E-state index in [1.54, 1.807) is 6.08 Å². The molecule has 3 aromatic carbocycles. The smallest absolute Gasteiger partial charge is 0.123 e. The van der Waals surface area contributed by atoms with Crippen molar-refractivity contribution in [2.24, 2.45) is 0 Å². The highest BCUT2D eigenvalue weighted by molar-refractivity contribution is 5.63. The molecule has 1 aliphatic rings. The van der Waals surface area contributed by atoms with Crippen molar-refractivity contribution in [2.45, 2.75) is 50.0 Å². The van der Waals surface area contributed by atoms with Crippen molar-refractivity contribution < 1.29 is 14.5 Å². The van der Waals surface area contributed by atoms with Crippen LogP contribution < -0.4 is 0 Å². The van der Waals surface area contributed by atoms with Gasteiger partial charge in [0.05, 0.1) is 0 Å². The second-order valence-corrected chi connectivity index (χ2v) is 8.50. The molecule has 0 aromatic heterocycles. The first-order valence-corrected chi connectivity index (χ1v) is 11.0. The van der Waals surface area contributed by atoms with Crippen molar-refractivity contribution in [3.8, 4) is 11.1 Å². The molecule has 1 unspecified atom stereocenters. The average molecular weight is 417 g/mol. The zero-order valence-electron chi connectivity index (χ0n) is 17.7. The fourth-order valence-corrected chi connectivity index (χ4v) is 4.67. The van der Waals surface area contributed by atoms with E-state index in [0.717, 1.165) is 16.7 Å². The maximum Gasteiger partial charge on any atom is 0.123 e. The van der Waals surface area contributed by atoms with Crippen molar-refractivity contribution in [3.63, 3.8) is 0 Å². The molecule has 2 nitrogen and oxygen atoms in total. The zero-order valence-corrected chi connectivity index (χ0v) is 17.7. The lowest BCUT2D eigenvalue weighted by molar-refractivity contribution is -0.265. The van der Waals surface area contributed by atoms with Crippen molar-refractivity contribution in [3.05, 3.63) is 108 Å². The molecule has 160 valence electrons. The Morgan fingerprint density at radius 2 is 1.26 bits per heavy atom. The maximum absolute atomic E-state index is 13.1. The molecule has 0 amide bonds. The second-order valence-electron chi connectivity index (χ2n) is 8.50. The molecule has 0 spiro atoms. The van der Waals surface area contributed by atoms with Crippen LogP contribution in [0.25, 0.3) is 11.1 Å². The molecule has 1 atom stereocenters. The van der Waals surface area contributed by atoms with Gasteiger partial charge in [-0.05, 0) is 77.5 Å². The molecule has 0 aliphatic heterocycles. The summed E-state index contributed by atoms with van der Waals surface area (Å²) in [7, 11) is 0. The molecular formula is C28H29FO2. The zero-order chi connectivity index (χ0) is 21.6. The monoisotopic (exact) mass is 416 g/mol. The highest BCUT2D eigenvalue weighted by atomic mass is 19.1. The quantitative estimate of drug-likeness (QED) is 0.245. The second kappa shape index (κ2) is 10.0. The first-order valence-electron chi connectivity index (χ1n) is 11.0. The van der Waals surface area contributed by atoms with Gasteiger partial charge >= 0.3 is 0 Å². The Bertz CT molecular complexity index is 969. The summed E-state index contributed by atoms with van der Waals surface area (Å²) in [6.45, 7) is 3.68. The van der Waals surface area contributed by atoms with E-state index in [4.69, 9.17) is 5.26 Å². The Kier molecular flexibility index (Phi) is 6.96. The van der Waals surface area contributed by atoms with Gasteiger partial charge in [-0.25, -0.2) is 9.28 Å². The Labute approximate surface area is 184 Å². The lowest BCUT2D eigenvalue weighted by atomic mass is 9.76. The lowest BCUT2D eigenvalue weighted by Crippen LogP contribution is -2.13. The molecular weight excluding hydrogens is 387 g/mol. The number of hydrogen-bond donors (Lipinski definition) is 1. The van der Waals surface area contributed by atoms with Gasteiger partial charge in [-0.1, -0.05) is 66.7 Å². The maximum atomic E-state index is 13.1. The standard InChI is InChI=1S/C28H29FO2/c1-2-28(31-30)19-20-3-5-21(6-4-20)22-7-9-23(10-8-22)24-11-13-25(14-12-24)26-15-17-27(29)18-16-26/h2-6,11-18,22-23,28,30H,1,7-10,19H2. The van der Waals surface area contributed by atoms with Crippen LogP contribution >= 0.6 is 0 Å². The fourth-order valence-electron chi connectivity index (χ4n) is 4.67. The van der Waals surface area contributed by atoms with Gasteiger partial charge in [-0.15, -0.1) is 6.58 Å². The summed E-state index contributed by atoms with van der Waals surface area (Å²) in [5, 5.41) is 8.86. The van der Waals surface area contributed by atoms with Crippen LogP contribution in [0, 0.1) is 5.82 Å². The Morgan fingerprint density at radius 1 is 0.806 bits per heavy atom. The lowest BCUT2D eigenvalue weighted by Gasteiger charge is -2.29. The van der Waals surface area contributed by atoms with Crippen molar-refractivity contribution in [2.75, 3.05) is 0 Å². The van der Waals surface area contributed by atoms with Gasteiger partial charge in [-0.2, -0.15) is 0 Å². The van der Waals surface area contributed by atoms with Crippen LogP contribution in [0.4, 0.5) is 4.39 Å². The number of halogens is 1. The third-order valence-corrected chi connectivity index (χ3v) is 6.57. The highest BCUT2D eigenvalue weighted by Gasteiger charge is 2.23. The van der Waals surface area contributed by atoms with Gasteiger partial charge in [0.15, 0.2) is 0 Å². The minimum absolute atomic E-state index is 0.202. The number of rotatable bonds is 7. The molecule has 0 bridgehead atoms. The van der Waals surface area contributed by atoms with Crippen LogP contribution in [0.5, 0.6) is 0 Å². The van der Waals surface area contributed by atoms with Crippen LogP contribution in [0.15, 0.2) is 85.5 Å². The average Bonchev–Trinajstić information content (AvgIpc) is 2.84. The molecule has 0 saturated heterocycles. The largest absolute Gasteiger partial charge is 0.251 e. The van der Waals surface area contributed by atoms with E-state index >= 15 is 0 Å². The third-order valence-electron chi connectivity index (χ3n) is 6.57. The first-order chi connectivity index (χ1) is 15.2. The molecule has 3 heteroatoms. The molecule has 1 N–H and O–H groups in total. The van der Waals surface area contributed by atoms with E-state index in [1.807, 2.05) is 12.1 Å². The SMILES string of the molecule is C=CC(Cc1ccc(C2CCC(c3ccc(-c4ccc(F)cc4)cc3)CC2)cc1)OO. The van der Waals surface area contributed by atoms with Crippen LogP contribution in [0.1, 0.15) is 54.2 Å². The Morgan fingerprint density at radius 3 is 1.71 bits per heavy atom. The van der Waals surface area contributed by atoms with E-state index < -0.39 is 0 Å². The van der Waals surface area contributed by atoms with Crippen LogP contribution in [0.2, 0.25) is 0 Å². The van der Waals surface area contributed by atoms with E-state index in [-0.39, 0.29) is 11.9 Å². The van der Waals surface area contributed by atoms with Gasteiger partial charge in [0, 0.05) is 6.42 Å². The predicted molar refractivity (Wildman–Crippen MR) is 124 cm³/mol. The predicted octanol–water partition coefficient (Wildman–Crippen LogP) is 7.52. The highest BCUT2D eigenvalue weighted by Crippen LogP contribution is 2.40. The topological polar surface area (TPSA) is 29.5 Å². The van der Waals surface area contributed by atoms with Crippen molar-refractivity contribution in [1.82, 2.24) is 0 Å². The van der Waals surface area contributed by atoms with E-state index in [0.29, 0.717) is 18.3 Å². The molecule has 31 heavy (non-hydrogen) atoms. The minimum atomic E-state index is -0.365. The molecule has 3 aromatic rings. The summed E-state index contributed by atoms with van der Waals surface area (Å²) in [6.07, 6.45) is 6.65. The minimum Gasteiger partial charge on any atom is -0.251 e.